The number of rotatable bonds is 9. The summed E-state index contributed by atoms with van der Waals surface area (Å²) < 4.78 is 0. The van der Waals surface area contributed by atoms with Crippen LogP contribution in [0.25, 0.3) is 0 Å². The number of carbonyl (C=O) groups excluding carboxylic acids is 1. The van der Waals surface area contributed by atoms with Crippen molar-refractivity contribution in [2.45, 2.75) is 24.9 Å². The van der Waals surface area contributed by atoms with Crippen LogP contribution in [0.5, 0.6) is 0 Å². The highest BCUT2D eigenvalue weighted by Gasteiger charge is 2.13. The molecule has 0 aliphatic rings. The summed E-state index contributed by atoms with van der Waals surface area (Å²) in [5.74, 6) is -0.248. The number of halogens is 1. The number of anilines is 1. The molecule has 0 fully saturated rings. The predicted octanol–water partition coefficient (Wildman–Crippen LogP) is 2.09. The van der Waals surface area contributed by atoms with Gasteiger partial charge >= 0.3 is 0 Å². The summed E-state index contributed by atoms with van der Waals surface area (Å²) in [6.45, 7) is 0.240. The van der Waals surface area contributed by atoms with E-state index in [4.69, 9.17) is 19.4 Å². The maximum absolute atomic E-state index is 11.3. The molecule has 2 atom stereocenters. The van der Waals surface area contributed by atoms with Gasteiger partial charge in [-0.1, -0.05) is 35.9 Å². The lowest BCUT2D eigenvalue weighted by atomic mass is 10.0. The number of aliphatic hydroxyl groups excluding tert-OH is 2. The molecule has 0 aliphatic carbocycles. The first-order chi connectivity index (χ1) is 12.5. The van der Waals surface area contributed by atoms with Gasteiger partial charge < -0.3 is 20.8 Å². The minimum absolute atomic E-state index is 0.0616. The molecule has 1 amide bonds. The summed E-state index contributed by atoms with van der Waals surface area (Å²) in [5.41, 5.74) is 2.40. The highest BCUT2D eigenvalue weighted by Crippen LogP contribution is 2.17. The van der Waals surface area contributed by atoms with E-state index in [1.54, 1.807) is 36.4 Å². The number of benzene rings is 2. The molecule has 7 heteroatoms. The monoisotopic (exact) mass is 372 g/mol. The summed E-state index contributed by atoms with van der Waals surface area (Å²) >= 11 is 5.94. The van der Waals surface area contributed by atoms with Crippen LogP contribution < -0.4 is 10.6 Å². The zero-order chi connectivity index (χ0) is 18.9. The van der Waals surface area contributed by atoms with Crippen LogP contribution in [0.4, 0.5) is 5.69 Å². The molecule has 5 nitrogen and oxygen atoms in total. The molecule has 4 N–H and O–H groups in total. The Morgan fingerprint density at radius 1 is 1.19 bits per heavy atom. The maximum atomic E-state index is 11.3. The van der Waals surface area contributed by atoms with Crippen LogP contribution in [0.2, 0.25) is 11.3 Å². The van der Waals surface area contributed by atoms with Crippen molar-refractivity contribution in [2.24, 2.45) is 0 Å². The van der Waals surface area contributed by atoms with Crippen molar-refractivity contribution >= 4 is 31.0 Å². The smallest absolute Gasteiger partial charge is 0.215 e. The van der Waals surface area contributed by atoms with Crippen molar-refractivity contribution in [1.82, 2.24) is 5.32 Å². The average Bonchev–Trinajstić information content (AvgIpc) is 2.66. The zero-order valence-corrected chi connectivity index (χ0v) is 15.1. The van der Waals surface area contributed by atoms with Gasteiger partial charge in [0.1, 0.15) is 0 Å². The Morgan fingerprint density at radius 2 is 1.92 bits per heavy atom. The Labute approximate surface area is 159 Å². The van der Waals surface area contributed by atoms with Crippen LogP contribution in [0, 0.1) is 0 Å². The van der Waals surface area contributed by atoms with E-state index in [1.807, 2.05) is 12.1 Å². The number of nitrogens with one attached hydrogen (secondary N) is 2. The summed E-state index contributed by atoms with van der Waals surface area (Å²) in [6, 6.07) is 14.2. The van der Waals surface area contributed by atoms with Crippen molar-refractivity contribution in [2.75, 3.05) is 18.5 Å². The summed E-state index contributed by atoms with van der Waals surface area (Å²) in [6.07, 6.45) is -0.187. The maximum Gasteiger partial charge on any atom is 0.215 e. The third-order valence-electron chi connectivity index (χ3n) is 3.96. The van der Waals surface area contributed by atoms with Crippen LogP contribution in [-0.2, 0) is 11.2 Å². The zero-order valence-electron chi connectivity index (χ0n) is 14.4. The largest absolute Gasteiger partial charge is 0.395 e. The molecule has 0 bridgehead atoms. The number of carbonyl (C=O) groups is 1. The van der Waals surface area contributed by atoms with Crippen LogP contribution in [0.1, 0.15) is 17.2 Å². The molecule has 0 saturated carbocycles. The normalized spacial score (nSPS) is 13.2. The first kappa shape index (κ1) is 20.5. The predicted molar refractivity (Wildman–Crippen MR) is 105 cm³/mol. The van der Waals surface area contributed by atoms with Gasteiger partial charge in [0.25, 0.3) is 0 Å². The third-order valence-corrected chi connectivity index (χ3v) is 4.19. The van der Waals surface area contributed by atoms with Crippen LogP contribution in [-0.4, -0.2) is 43.2 Å². The summed E-state index contributed by atoms with van der Waals surface area (Å²) in [5, 5.41) is 26.2. The van der Waals surface area contributed by atoms with Crippen molar-refractivity contribution in [3.63, 3.8) is 0 Å². The Kier molecular flexibility index (Phi) is 8.13. The number of hydrogen-bond donors (Lipinski definition) is 4. The fourth-order valence-electron chi connectivity index (χ4n) is 2.53. The quantitative estimate of drug-likeness (QED) is 0.508. The van der Waals surface area contributed by atoms with E-state index in [2.05, 4.69) is 10.6 Å². The Bertz CT molecular complexity index is 712. The van der Waals surface area contributed by atoms with Crippen LogP contribution >= 0.6 is 11.6 Å². The SMILES string of the molecule is [B]CC(=O)Nc1ccc(C[C@@H](CO)NC[C@H](O)c2cccc(Cl)c2)cc1. The van der Waals surface area contributed by atoms with Gasteiger partial charge in [-0.05, 0) is 48.1 Å². The Balaban J connectivity index is 1.87. The van der Waals surface area contributed by atoms with Gasteiger partial charge in [0.2, 0.25) is 5.91 Å². The van der Waals surface area contributed by atoms with Gasteiger partial charge in [0.15, 0.2) is 0 Å². The molecule has 0 aliphatic heterocycles. The van der Waals surface area contributed by atoms with E-state index in [0.717, 1.165) is 11.1 Å². The van der Waals surface area contributed by atoms with Gasteiger partial charge in [-0.25, -0.2) is 0 Å². The molecule has 136 valence electrons. The fourth-order valence-corrected chi connectivity index (χ4v) is 2.73. The molecule has 26 heavy (non-hydrogen) atoms. The third kappa shape index (κ3) is 6.46. The highest BCUT2D eigenvalue weighted by molar-refractivity contribution is 6.30. The van der Waals surface area contributed by atoms with Crippen molar-refractivity contribution in [3.8, 4) is 0 Å². The van der Waals surface area contributed by atoms with Crippen LogP contribution in [0.15, 0.2) is 48.5 Å². The molecule has 0 unspecified atom stereocenters. The topological polar surface area (TPSA) is 81.6 Å². The van der Waals surface area contributed by atoms with Gasteiger partial charge in [-0.2, -0.15) is 0 Å². The molecule has 2 aromatic rings. The first-order valence-corrected chi connectivity index (χ1v) is 8.76. The minimum Gasteiger partial charge on any atom is -0.395 e. The van der Waals surface area contributed by atoms with Crippen molar-refractivity contribution < 1.29 is 15.0 Å². The van der Waals surface area contributed by atoms with E-state index in [-0.39, 0.29) is 24.9 Å². The van der Waals surface area contributed by atoms with Gasteiger partial charge in [0.05, 0.1) is 20.6 Å². The van der Waals surface area contributed by atoms with Crippen molar-refractivity contribution in [3.05, 3.63) is 64.7 Å². The summed E-state index contributed by atoms with van der Waals surface area (Å²) in [7, 11) is 5.27. The van der Waals surface area contributed by atoms with Gasteiger partial charge in [-0.15, -0.1) is 0 Å². The minimum atomic E-state index is -0.711. The van der Waals surface area contributed by atoms with E-state index in [1.165, 1.54) is 0 Å². The van der Waals surface area contributed by atoms with Crippen molar-refractivity contribution in [1.29, 1.82) is 0 Å². The fraction of sp³-hybridized carbons (Fsp3) is 0.316. The molecule has 0 saturated heterocycles. The lowest BCUT2D eigenvalue weighted by Gasteiger charge is -2.19. The van der Waals surface area contributed by atoms with Gasteiger partial charge in [-0.3, -0.25) is 4.79 Å². The number of aliphatic hydroxyl groups is 2. The molecule has 0 spiro atoms. The lowest BCUT2D eigenvalue weighted by Crippen LogP contribution is -2.37. The molecule has 2 radical (unpaired) electrons. The van der Waals surface area contributed by atoms with Gasteiger partial charge in [0, 0.05) is 23.3 Å². The molecular weight excluding hydrogens is 350 g/mol. The molecule has 0 aromatic heterocycles. The molecular formula is C19H22BClN2O3. The van der Waals surface area contributed by atoms with E-state index >= 15 is 0 Å². The van der Waals surface area contributed by atoms with E-state index < -0.39 is 6.10 Å². The Morgan fingerprint density at radius 3 is 2.54 bits per heavy atom. The summed E-state index contributed by atoms with van der Waals surface area (Å²) in [4.78, 5) is 11.3. The molecule has 0 heterocycles. The standard InChI is InChI=1S/C19H22BClN2O3/c20-10-19(26)23-16-6-4-13(5-7-16)8-17(12-24)22-11-18(25)14-2-1-3-15(21)9-14/h1-7,9,17-18,22,24-25H,8,10-12H2,(H,23,26)/t17-,18-/m0/s1. The first-order valence-electron chi connectivity index (χ1n) is 8.38. The van der Waals surface area contributed by atoms with E-state index in [0.29, 0.717) is 23.7 Å². The number of amides is 1. The highest BCUT2D eigenvalue weighted by atomic mass is 35.5. The lowest BCUT2D eigenvalue weighted by molar-refractivity contribution is -0.114. The second kappa shape index (κ2) is 10.3. The Hall–Kier alpha value is -1.86. The molecule has 2 rings (SSSR count). The number of hydrogen-bond acceptors (Lipinski definition) is 4. The molecule has 2 aromatic carbocycles. The van der Waals surface area contributed by atoms with E-state index in [9.17, 15) is 15.0 Å². The second-order valence-corrected chi connectivity index (χ2v) is 6.45. The second-order valence-electron chi connectivity index (χ2n) is 6.01. The average molecular weight is 373 g/mol. The van der Waals surface area contributed by atoms with Crippen LogP contribution in [0.3, 0.4) is 0 Å².